The number of nitrogens with one attached hydrogen (secondary N) is 1. The Morgan fingerprint density at radius 2 is 1.93 bits per heavy atom. The highest BCUT2D eigenvalue weighted by atomic mass is 35.5. The summed E-state index contributed by atoms with van der Waals surface area (Å²) in [5.74, 6) is 1.06. The van der Waals surface area contributed by atoms with Crippen molar-refractivity contribution in [1.82, 2.24) is 4.90 Å². The van der Waals surface area contributed by atoms with Crippen LogP contribution in [0.3, 0.4) is 0 Å². The number of amides is 2. The third kappa shape index (κ3) is 5.19. The fraction of sp³-hybridized carbons (Fsp3) is 0.211. The highest BCUT2D eigenvalue weighted by Gasteiger charge is 2.34. The van der Waals surface area contributed by atoms with Gasteiger partial charge in [0.1, 0.15) is 6.04 Å². The predicted molar refractivity (Wildman–Crippen MR) is 110 cm³/mol. The summed E-state index contributed by atoms with van der Waals surface area (Å²) in [6.07, 6.45) is 0. The number of rotatable bonds is 5. The summed E-state index contributed by atoms with van der Waals surface area (Å²) >= 11 is 8.85. The molecule has 1 N–H and O–H groups in total. The van der Waals surface area contributed by atoms with Crippen molar-refractivity contribution in [3.8, 4) is 6.07 Å². The molecular formula is C19H16ClN3O2S2. The Labute approximate surface area is 171 Å². The van der Waals surface area contributed by atoms with Crippen molar-refractivity contribution in [3.63, 3.8) is 0 Å². The Morgan fingerprint density at radius 1 is 1.22 bits per heavy atom. The minimum absolute atomic E-state index is 0.0695. The fourth-order valence-corrected chi connectivity index (χ4v) is 4.61. The molecule has 3 rings (SSSR count). The number of thioether (sulfide) groups is 2. The zero-order valence-corrected chi connectivity index (χ0v) is 16.6. The Morgan fingerprint density at radius 3 is 2.59 bits per heavy atom. The maximum absolute atomic E-state index is 12.6. The van der Waals surface area contributed by atoms with Gasteiger partial charge in [0.2, 0.25) is 11.8 Å². The summed E-state index contributed by atoms with van der Waals surface area (Å²) in [5, 5.41) is 12.3. The number of halogens is 1. The molecule has 1 atom stereocenters. The van der Waals surface area contributed by atoms with E-state index in [0.29, 0.717) is 27.9 Å². The van der Waals surface area contributed by atoms with Gasteiger partial charge in [-0.25, -0.2) is 0 Å². The maximum atomic E-state index is 12.6. The Kier molecular flexibility index (Phi) is 6.67. The summed E-state index contributed by atoms with van der Waals surface area (Å²) < 4.78 is 0. The van der Waals surface area contributed by atoms with Crippen molar-refractivity contribution in [2.45, 2.75) is 10.9 Å². The van der Waals surface area contributed by atoms with E-state index in [-0.39, 0.29) is 17.6 Å². The SMILES string of the molecule is N#Cc1ccc(NC(=O)C2CSCN2C(=O)CSc2ccc(Cl)cc2)cc1. The van der Waals surface area contributed by atoms with Crippen molar-refractivity contribution >= 4 is 52.6 Å². The molecule has 0 aromatic heterocycles. The molecule has 8 heteroatoms. The fourth-order valence-electron chi connectivity index (χ4n) is 2.52. The Bertz CT molecular complexity index is 866. The summed E-state index contributed by atoms with van der Waals surface area (Å²) in [6, 6.07) is 15.5. The average molecular weight is 418 g/mol. The molecule has 0 bridgehead atoms. The molecule has 1 saturated heterocycles. The van der Waals surface area contributed by atoms with E-state index in [2.05, 4.69) is 5.32 Å². The van der Waals surface area contributed by atoms with Crippen LogP contribution in [0.25, 0.3) is 0 Å². The van der Waals surface area contributed by atoms with Crippen LogP contribution in [-0.4, -0.2) is 40.1 Å². The second kappa shape index (κ2) is 9.18. The van der Waals surface area contributed by atoms with Crippen molar-refractivity contribution < 1.29 is 9.59 Å². The standard InChI is InChI=1S/C19H16ClN3O2S2/c20-14-3-7-16(8-4-14)27-11-18(24)23-12-26-10-17(23)19(25)22-15-5-1-13(9-21)2-6-15/h1-8,17H,10-12H2,(H,22,25). The minimum Gasteiger partial charge on any atom is -0.324 e. The lowest BCUT2D eigenvalue weighted by atomic mass is 10.2. The van der Waals surface area contributed by atoms with Crippen LogP contribution in [0.1, 0.15) is 5.56 Å². The zero-order valence-electron chi connectivity index (χ0n) is 14.2. The van der Waals surface area contributed by atoms with E-state index in [1.54, 1.807) is 53.1 Å². The number of nitrogens with zero attached hydrogens (tertiary/aromatic N) is 2. The third-order valence-corrected chi connectivity index (χ3v) is 6.22. The molecule has 0 saturated carbocycles. The number of hydrogen-bond donors (Lipinski definition) is 1. The predicted octanol–water partition coefficient (Wildman–Crippen LogP) is 3.84. The van der Waals surface area contributed by atoms with Gasteiger partial charge in [0.15, 0.2) is 0 Å². The Hall–Kier alpha value is -2.14. The van der Waals surface area contributed by atoms with E-state index < -0.39 is 6.04 Å². The molecule has 2 aromatic rings. The number of hydrogen-bond acceptors (Lipinski definition) is 5. The van der Waals surface area contributed by atoms with Gasteiger partial charge >= 0.3 is 0 Å². The van der Waals surface area contributed by atoms with Crippen LogP contribution >= 0.6 is 35.1 Å². The van der Waals surface area contributed by atoms with Crippen molar-refractivity contribution in [3.05, 3.63) is 59.1 Å². The lowest BCUT2D eigenvalue weighted by Gasteiger charge is -2.23. The van der Waals surface area contributed by atoms with Gasteiger partial charge in [0, 0.05) is 21.4 Å². The van der Waals surface area contributed by atoms with Gasteiger partial charge in [-0.05, 0) is 48.5 Å². The summed E-state index contributed by atoms with van der Waals surface area (Å²) in [5.41, 5.74) is 1.14. The number of benzene rings is 2. The highest BCUT2D eigenvalue weighted by molar-refractivity contribution is 8.00. The summed E-state index contributed by atoms with van der Waals surface area (Å²) in [7, 11) is 0. The van der Waals surface area contributed by atoms with E-state index in [4.69, 9.17) is 16.9 Å². The molecule has 1 fully saturated rings. The monoisotopic (exact) mass is 417 g/mol. The van der Waals surface area contributed by atoms with Gasteiger partial charge in [0.05, 0.1) is 23.3 Å². The lowest BCUT2D eigenvalue weighted by Crippen LogP contribution is -2.45. The first-order valence-electron chi connectivity index (χ1n) is 8.13. The molecule has 0 radical (unpaired) electrons. The number of anilines is 1. The first kappa shape index (κ1) is 19.6. The van der Waals surface area contributed by atoms with Crippen LogP contribution in [-0.2, 0) is 9.59 Å². The first-order chi connectivity index (χ1) is 13.1. The van der Waals surface area contributed by atoms with Crippen LogP contribution in [0, 0.1) is 11.3 Å². The largest absolute Gasteiger partial charge is 0.324 e. The smallest absolute Gasteiger partial charge is 0.248 e. The van der Waals surface area contributed by atoms with Crippen LogP contribution in [0.5, 0.6) is 0 Å². The van der Waals surface area contributed by atoms with Crippen LogP contribution in [0.15, 0.2) is 53.4 Å². The van der Waals surface area contributed by atoms with Gasteiger partial charge in [-0.1, -0.05) is 11.6 Å². The zero-order chi connectivity index (χ0) is 19.2. The van der Waals surface area contributed by atoms with Gasteiger partial charge in [-0.15, -0.1) is 23.5 Å². The molecule has 1 aliphatic heterocycles. The van der Waals surface area contributed by atoms with Gasteiger partial charge in [-0.3, -0.25) is 9.59 Å². The lowest BCUT2D eigenvalue weighted by molar-refractivity contribution is -0.134. The molecule has 138 valence electrons. The second-order valence-electron chi connectivity index (χ2n) is 5.80. The molecule has 1 aliphatic rings. The van der Waals surface area contributed by atoms with E-state index >= 15 is 0 Å². The normalized spacial score (nSPS) is 16.0. The van der Waals surface area contributed by atoms with Crippen molar-refractivity contribution in [2.24, 2.45) is 0 Å². The minimum atomic E-state index is -0.496. The maximum Gasteiger partial charge on any atom is 0.248 e. The summed E-state index contributed by atoms with van der Waals surface area (Å²) in [4.78, 5) is 27.8. The van der Waals surface area contributed by atoms with Gasteiger partial charge in [0.25, 0.3) is 0 Å². The second-order valence-corrected chi connectivity index (χ2v) is 8.29. The molecule has 0 spiro atoms. The molecule has 1 unspecified atom stereocenters. The van der Waals surface area contributed by atoms with Gasteiger partial charge in [-0.2, -0.15) is 5.26 Å². The first-order valence-corrected chi connectivity index (χ1v) is 10.7. The summed E-state index contributed by atoms with van der Waals surface area (Å²) in [6.45, 7) is 0. The van der Waals surface area contributed by atoms with Crippen LogP contribution in [0.2, 0.25) is 5.02 Å². The molecular weight excluding hydrogens is 402 g/mol. The van der Waals surface area contributed by atoms with Gasteiger partial charge < -0.3 is 10.2 Å². The third-order valence-electron chi connectivity index (χ3n) is 3.96. The van der Waals surface area contributed by atoms with Crippen LogP contribution in [0.4, 0.5) is 5.69 Å². The quantitative estimate of drug-likeness (QED) is 0.748. The molecule has 1 heterocycles. The van der Waals surface area contributed by atoms with E-state index in [0.717, 1.165) is 4.90 Å². The highest BCUT2D eigenvalue weighted by Crippen LogP contribution is 2.26. The number of carbonyl (C=O) groups excluding carboxylic acids is 2. The van der Waals surface area contributed by atoms with Crippen molar-refractivity contribution in [1.29, 1.82) is 5.26 Å². The molecule has 5 nitrogen and oxygen atoms in total. The topological polar surface area (TPSA) is 73.2 Å². The van der Waals surface area contributed by atoms with E-state index in [9.17, 15) is 9.59 Å². The van der Waals surface area contributed by atoms with E-state index in [1.165, 1.54) is 11.8 Å². The van der Waals surface area contributed by atoms with Crippen molar-refractivity contribution in [2.75, 3.05) is 22.7 Å². The average Bonchev–Trinajstić information content (AvgIpc) is 3.18. The van der Waals surface area contributed by atoms with E-state index in [1.807, 2.05) is 18.2 Å². The molecule has 27 heavy (non-hydrogen) atoms. The van der Waals surface area contributed by atoms with Crippen LogP contribution < -0.4 is 5.32 Å². The number of carbonyl (C=O) groups is 2. The molecule has 2 aromatic carbocycles. The molecule has 0 aliphatic carbocycles. The Balaban J connectivity index is 1.58. The molecule has 2 amide bonds. The number of nitriles is 1.